The Morgan fingerprint density at radius 2 is 1.53 bits per heavy atom. The molecule has 3 aromatic carbocycles. The number of carbonyl (C=O) groups is 1. The van der Waals surface area contributed by atoms with E-state index >= 15 is 0 Å². The van der Waals surface area contributed by atoms with Gasteiger partial charge in [-0.25, -0.2) is 4.98 Å². The Hall–Kier alpha value is -4.08. The summed E-state index contributed by atoms with van der Waals surface area (Å²) in [5, 5.41) is 10.8. The van der Waals surface area contributed by atoms with Crippen LogP contribution >= 0.6 is 11.8 Å². The molecule has 38 heavy (non-hydrogen) atoms. The lowest BCUT2D eigenvalue weighted by molar-refractivity contribution is -0.141. The highest BCUT2D eigenvalue weighted by atomic mass is 32.2. The monoisotopic (exact) mass is 520 g/mol. The minimum Gasteiger partial charge on any atom is -0.489 e. The lowest BCUT2D eigenvalue weighted by atomic mass is 9.87. The summed E-state index contributed by atoms with van der Waals surface area (Å²) in [6.45, 7) is 0.725. The molecule has 0 unspecified atom stereocenters. The third kappa shape index (κ3) is 6.24. The predicted octanol–water partition coefficient (Wildman–Crippen LogP) is 6.91. The Morgan fingerprint density at radius 3 is 2.21 bits per heavy atom. The van der Waals surface area contributed by atoms with Crippen LogP contribution in [0.1, 0.15) is 40.8 Å². The van der Waals surface area contributed by atoms with Crippen LogP contribution in [0, 0.1) is 11.3 Å². The van der Waals surface area contributed by atoms with Crippen molar-refractivity contribution in [3.05, 3.63) is 113 Å². The topological polar surface area (TPSA) is 72.2 Å². The fourth-order valence-electron chi connectivity index (χ4n) is 4.61. The zero-order valence-corrected chi connectivity index (χ0v) is 21.9. The van der Waals surface area contributed by atoms with Gasteiger partial charge in [0.15, 0.2) is 0 Å². The van der Waals surface area contributed by atoms with Crippen LogP contribution in [0.25, 0.3) is 11.1 Å². The average Bonchev–Trinajstić information content (AvgIpc) is 2.98. The maximum atomic E-state index is 12.5. The molecule has 0 radical (unpaired) electrons. The minimum atomic E-state index is -0.330. The standard InChI is InChI=1S/C32H28N2O3S/c33-19-28-31(25-15-17-26(18-16-25)36-20-23-9-3-1-4-10-23)27-13-7-8-14-29(27)34-32(28)38-22-30(35)37-21-24-11-5-2-6-12-24/h1-6,9-12,15-18H,7-8,13-14,20-22H2. The van der Waals surface area contributed by atoms with E-state index in [9.17, 15) is 10.1 Å². The fourth-order valence-corrected chi connectivity index (χ4v) is 5.42. The van der Waals surface area contributed by atoms with Gasteiger partial charge in [-0.2, -0.15) is 5.26 Å². The molecule has 0 aliphatic heterocycles. The molecule has 5 rings (SSSR count). The molecule has 0 atom stereocenters. The number of thioether (sulfide) groups is 1. The Balaban J connectivity index is 1.35. The summed E-state index contributed by atoms with van der Waals surface area (Å²) in [7, 11) is 0. The first-order valence-corrected chi connectivity index (χ1v) is 13.7. The van der Waals surface area contributed by atoms with Gasteiger partial charge in [0.1, 0.15) is 30.1 Å². The number of ether oxygens (including phenoxy) is 2. The number of fused-ring (bicyclic) bond motifs is 1. The van der Waals surface area contributed by atoms with E-state index in [1.54, 1.807) is 0 Å². The van der Waals surface area contributed by atoms with Crippen LogP contribution in [-0.2, 0) is 35.6 Å². The molecule has 0 N–H and O–H groups in total. The molecule has 5 nitrogen and oxygen atoms in total. The molecule has 0 fully saturated rings. The van der Waals surface area contributed by atoms with E-state index in [0.29, 0.717) is 17.2 Å². The lowest BCUT2D eigenvalue weighted by Gasteiger charge is -2.22. The number of nitriles is 1. The van der Waals surface area contributed by atoms with Gasteiger partial charge in [-0.05, 0) is 60.1 Å². The molecule has 4 aromatic rings. The zero-order valence-electron chi connectivity index (χ0n) is 21.1. The van der Waals surface area contributed by atoms with Crippen LogP contribution < -0.4 is 4.74 Å². The van der Waals surface area contributed by atoms with Crippen LogP contribution in [-0.4, -0.2) is 16.7 Å². The molecule has 0 saturated heterocycles. The first kappa shape index (κ1) is 25.6. The summed E-state index contributed by atoms with van der Waals surface area (Å²) < 4.78 is 11.4. The second kappa shape index (κ2) is 12.4. The van der Waals surface area contributed by atoms with E-state index in [1.165, 1.54) is 11.8 Å². The molecule has 0 saturated carbocycles. The van der Waals surface area contributed by atoms with E-state index in [2.05, 4.69) is 6.07 Å². The Morgan fingerprint density at radius 1 is 0.868 bits per heavy atom. The summed E-state index contributed by atoms with van der Waals surface area (Å²) in [6.07, 6.45) is 3.91. The number of pyridine rings is 1. The van der Waals surface area contributed by atoms with E-state index in [0.717, 1.165) is 64.9 Å². The highest BCUT2D eigenvalue weighted by Crippen LogP contribution is 2.38. The lowest BCUT2D eigenvalue weighted by Crippen LogP contribution is -2.12. The first-order chi connectivity index (χ1) is 18.7. The number of benzene rings is 3. The van der Waals surface area contributed by atoms with Crippen molar-refractivity contribution in [1.82, 2.24) is 4.98 Å². The smallest absolute Gasteiger partial charge is 0.316 e. The molecule has 0 spiro atoms. The van der Waals surface area contributed by atoms with Gasteiger partial charge in [0, 0.05) is 11.3 Å². The van der Waals surface area contributed by atoms with E-state index < -0.39 is 0 Å². The number of rotatable bonds is 9. The van der Waals surface area contributed by atoms with Gasteiger partial charge >= 0.3 is 5.97 Å². The van der Waals surface area contributed by atoms with Crippen molar-refractivity contribution < 1.29 is 14.3 Å². The molecule has 190 valence electrons. The van der Waals surface area contributed by atoms with Crippen LogP contribution in [0.5, 0.6) is 5.75 Å². The second-order valence-corrected chi connectivity index (χ2v) is 10.1. The normalized spacial score (nSPS) is 12.3. The number of esters is 1. The van der Waals surface area contributed by atoms with Crippen molar-refractivity contribution in [2.24, 2.45) is 0 Å². The average molecular weight is 521 g/mol. The van der Waals surface area contributed by atoms with E-state index in [4.69, 9.17) is 14.5 Å². The van der Waals surface area contributed by atoms with E-state index in [1.807, 2.05) is 84.9 Å². The van der Waals surface area contributed by atoms with Crippen LogP contribution in [0.2, 0.25) is 0 Å². The molecular weight excluding hydrogens is 492 g/mol. The van der Waals surface area contributed by atoms with Gasteiger partial charge in [-0.1, -0.05) is 84.6 Å². The van der Waals surface area contributed by atoms with Crippen LogP contribution in [0.15, 0.2) is 90.0 Å². The van der Waals surface area contributed by atoms with E-state index in [-0.39, 0.29) is 18.3 Å². The van der Waals surface area contributed by atoms with Gasteiger partial charge < -0.3 is 9.47 Å². The molecule has 1 aliphatic carbocycles. The number of aryl methyl sites for hydroxylation is 1. The minimum absolute atomic E-state index is 0.0962. The number of nitrogens with zero attached hydrogens (tertiary/aromatic N) is 2. The number of aromatic nitrogens is 1. The third-order valence-electron chi connectivity index (χ3n) is 6.51. The first-order valence-electron chi connectivity index (χ1n) is 12.8. The number of hydrogen-bond acceptors (Lipinski definition) is 6. The molecular formula is C32H28N2O3S. The van der Waals surface area contributed by atoms with Gasteiger partial charge in [-0.15, -0.1) is 0 Å². The fraction of sp³-hybridized carbons (Fsp3) is 0.219. The van der Waals surface area contributed by atoms with Gasteiger partial charge in [0.05, 0.1) is 11.3 Å². The quantitative estimate of drug-likeness (QED) is 0.176. The van der Waals surface area contributed by atoms with Crippen molar-refractivity contribution in [1.29, 1.82) is 5.26 Å². The molecule has 0 amide bonds. The largest absolute Gasteiger partial charge is 0.489 e. The van der Waals surface area contributed by atoms with Crippen LogP contribution in [0.3, 0.4) is 0 Å². The number of carbonyl (C=O) groups excluding carboxylic acids is 1. The highest BCUT2D eigenvalue weighted by molar-refractivity contribution is 7.99. The summed E-state index contributed by atoms with van der Waals surface area (Å²) in [4.78, 5) is 17.3. The Kier molecular flexibility index (Phi) is 8.37. The summed E-state index contributed by atoms with van der Waals surface area (Å²) in [5.41, 5.74) is 6.61. The Labute approximate surface area is 227 Å². The van der Waals surface area contributed by atoms with Crippen molar-refractivity contribution in [2.45, 2.75) is 43.9 Å². The molecule has 6 heteroatoms. The maximum absolute atomic E-state index is 12.5. The predicted molar refractivity (Wildman–Crippen MR) is 149 cm³/mol. The maximum Gasteiger partial charge on any atom is 0.316 e. The number of hydrogen-bond donors (Lipinski definition) is 0. The molecule has 1 aliphatic rings. The van der Waals surface area contributed by atoms with Crippen LogP contribution in [0.4, 0.5) is 0 Å². The summed E-state index contributed by atoms with van der Waals surface area (Å²) >= 11 is 1.27. The van der Waals surface area contributed by atoms with Crippen molar-refractivity contribution in [3.8, 4) is 22.9 Å². The second-order valence-electron chi connectivity index (χ2n) is 9.14. The third-order valence-corrected chi connectivity index (χ3v) is 7.46. The van der Waals surface area contributed by atoms with Crippen molar-refractivity contribution >= 4 is 17.7 Å². The molecule has 1 heterocycles. The zero-order chi connectivity index (χ0) is 26.2. The van der Waals surface area contributed by atoms with Crippen molar-refractivity contribution in [3.63, 3.8) is 0 Å². The van der Waals surface area contributed by atoms with Crippen molar-refractivity contribution in [2.75, 3.05) is 5.75 Å². The summed E-state index contributed by atoms with van der Waals surface area (Å²) in [5.74, 6) is 0.539. The molecule has 0 bridgehead atoms. The van der Waals surface area contributed by atoms with Gasteiger partial charge in [0.2, 0.25) is 0 Å². The van der Waals surface area contributed by atoms with Gasteiger partial charge in [-0.3, -0.25) is 4.79 Å². The SMILES string of the molecule is N#Cc1c(SCC(=O)OCc2ccccc2)nc2c(c1-c1ccc(OCc3ccccc3)cc1)CCCC2. The Bertz CT molecular complexity index is 1430. The summed E-state index contributed by atoms with van der Waals surface area (Å²) in [6, 6.07) is 29.9. The molecule has 1 aromatic heterocycles. The highest BCUT2D eigenvalue weighted by Gasteiger charge is 2.24. The van der Waals surface area contributed by atoms with Gasteiger partial charge in [0.25, 0.3) is 0 Å².